The summed E-state index contributed by atoms with van der Waals surface area (Å²) in [6.07, 6.45) is 0. The fourth-order valence-corrected chi connectivity index (χ4v) is 4.99. The van der Waals surface area contributed by atoms with Gasteiger partial charge < -0.3 is 10.3 Å². The van der Waals surface area contributed by atoms with E-state index in [1.165, 1.54) is 16.7 Å². The Labute approximate surface area is 196 Å². The molecule has 0 amide bonds. The summed E-state index contributed by atoms with van der Waals surface area (Å²) in [7, 11) is 0. The lowest BCUT2D eigenvalue weighted by atomic mass is 9.82. The van der Waals surface area contributed by atoms with Gasteiger partial charge in [0.1, 0.15) is 5.82 Å². The lowest BCUT2D eigenvalue weighted by molar-refractivity contribution is 0.156. The Bertz CT molecular complexity index is 1120. The highest BCUT2D eigenvalue weighted by atomic mass is 15.2. The van der Waals surface area contributed by atoms with Gasteiger partial charge in [-0.15, -0.1) is 0 Å². The number of hydrogen-bond acceptors (Lipinski definition) is 3. The van der Waals surface area contributed by atoms with E-state index in [0.29, 0.717) is 0 Å². The van der Waals surface area contributed by atoms with Crippen LogP contribution in [0, 0.1) is 13.8 Å². The summed E-state index contributed by atoms with van der Waals surface area (Å²) in [5.74, 6) is 1.14. The second kappa shape index (κ2) is 9.74. The van der Waals surface area contributed by atoms with Crippen molar-refractivity contribution in [2.45, 2.75) is 25.8 Å². The van der Waals surface area contributed by atoms with Crippen LogP contribution in [0.25, 0.3) is 11.4 Å². The van der Waals surface area contributed by atoms with Crippen LogP contribution in [0.1, 0.15) is 40.0 Å². The minimum absolute atomic E-state index is 0.146. The van der Waals surface area contributed by atoms with Crippen molar-refractivity contribution in [3.63, 3.8) is 0 Å². The maximum absolute atomic E-state index is 5.24. The first-order valence-corrected chi connectivity index (χ1v) is 11.9. The van der Waals surface area contributed by atoms with Gasteiger partial charge in [0.2, 0.25) is 0 Å². The largest absolute Gasteiger partial charge is 0.342 e. The van der Waals surface area contributed by atoms with Gasteiger partial charge in [-0.2, -0.15) is 0 Å². The third kappa shape index (κ3) is 4.63. The van der Waals surface area contributed by atoms with Crippen molar-refractivity contribution in [1.82, 2.24) is 20.2 Å². The van der Waals surface area contributed by atoms with E-state index in [-0.39, 0.29) is 12.0 Å². The lowest BCUT2D eigenvalue weighted by Gasteiger charge is -2.39. The van der Waals surface area contributed by atoms with Crippen LogP contribution in [0.15, 0.2) is 84.9 Å². The highest BCUT2D eigenvalue weighted by Crippen LogP contribution is 2.42. The molecule has 1 atom stereocenters. The van der Waals surface area contributed by atoms with Crippen molar-refractivity contribution in [3.05, 3.63) is 113 Å². The van der Waals surface area contributed by atoms with Gasteiger partial charge in [-0.1, -0.05) is 90.5 Å². The molecule has 4 aromatic rings. The number of nitrogens with zero attached hydrogens (tertiary/aromatic N) is 2. The van der Waals surface area contributed by atoms with Gasteiger partial charge >= 0.3 is 0 Å². The molecule has 2 N–H and O–H groups in total. The molecule has 1 aliphatic rings. The molecule has 5 rings (SSSR count). The molecule has 2 heterocycles. The fourth-order valence-electron chi connectivity index (χ4n) is 4.99. The zero-order valence-corrected chi connectivity index (χ0v) is 19.5. The molecule has 1 aromatic heterocycles. The molecular formula is C29H32N4. The summed E-state index contributed by atoms with van der Waals surface area (Å²) in [5.41, 5.74) is 7.33. The smallest absolute Gasteiger partial charge is 0.137 e. The minimum Gasteiger partial charge on any atom is -0.342 e. The molecule has 3 aromatic carbocycles. The molecular weight excluding hydrogens is 404 g/mol. The average molecular weight is 437 g/mol. The van der Waals surface area contributed by atoms with Crippen molar-refractivity contribution in [1.29, 1.82) is 0 Å². The summed E-state index contributed by atoms with van der Waals surface area (Å²) in [5, 5.41) is 3.52. The van der Waals surface area contributed by atoms with Crippen molar-refractivity contribution in [2.24, 2.45) is 0 Å². The van der Waals surface area contributed by atoms with Crippen LogP contribution in [0.3, 0.4) is 0 Å². The average Bonchev–Trinajstić information content (AvgIpc) is 3.25. The minimum atomic E-state index is 0.146. The van der Waals surface area contributed by atoms with Gasteiger partial charge in [-0.25, -0.2) is 4.98 Å². The standard InChI is InChI=1S/C29H32N4/c1-21-13-15-25(16-14-21)29-31-22(2)27(32-29)28(33-19-17-30-18-20-33)26(23-9-5-3-6-10-23)24-11-7-4-8-12-24/h3-16,26,28,30H,17-20H2,1-2H3,(H,31,32). The van der Waals surface area contributed by atoms with Crippen LogP contribution in [-0.4, -0.2) is 41.0 Å². The van der Waals surface area contributed by atoms with E-state index in [1.54, 1.807) is 0 Å². The van der Waals surface area contributed by atoms with E-state index in [2.05, 4.69) is 114 Å². The number of piperazine rings is 1. The van der Waals surface area contributed by atoms with E-state index in [4.69, 9.17) is 4.98 Å². The molecule has 168 valence electrons. The maximum atomic E-state index is 5.24. The van der Waals surface area contributed by atoms with E-state index in [9.17, 15) is 0 Å². The molecule has 1 fully saturated rings. The van der Waals surface area contributed by atoms with Crippen LogP contribution < -0.4 is 5.32 Å². The van der Waals surface area contributed by atoms with Gasteiger partial charge in [-0.05, 0) is 25.0 Å². The van der Waals surface area contributed by atoms with Crippen molar-refractivity contribution in [2.75, 3.05) is 26.2 Å². The highest BCUT2D eigenvalue weighted by Gasteiger charge is 2.35. The topological polar surface area (TPSA) is 44.0 Å². The molecule has 0 radical (unpaired) electrons. The molecule has 33 heavy (non-hydrogen) atoms. The van der Waals surface area contributed by atoms with Gasteiger partial charge in [0.05, 0.1) is 11.7 Å². The Morgan fingerprint density at radius 3 is 1.91 bits per heavy atom. The second-order valence-electron chi connectivity index (χ2n) is 8.99. The van der Waals surface area contributed by atoms with Gasteiger partial charge in [0.15, 0.2) is 0 Å². The molecule has 1 saturated heterocycles. The molecule has 4 nitrogen and oxygen atoms in total. The number of imidazole rings is 1. The predicted molar refractivity (Wildman–Crippen MR) is 135 cm³/mol. The summed E-state index contributed by atoms with van der Waals surface area (Å²) in [6.45, 7) is 8.30. The Morgan fingerprint density at radius 2 is 1.33 bits per heavy atom. The van der Waals surface area contributed by atoms with Crippen molar-refractivity contribution >= 4 is 0 Å². The first-order chi connectivity index (χ1) is 16.2. The monoisotopic (exact) mass is 436 g/mol. The number of aromatic nitrogens is 2. The first-order valence-electron chi connectivity index (χ1n) is 11.9. The summed E-state index contributed by atoms with van der Waals surface area (Å²) in [4.78, 5) is 11.5. The van der Waals surface area contributed by atoms with E-state index < -0.39 is 0 Å². The van der Waals surface area contributed by atoms with Gasteiger partial charge in [0, 0.05) is 43.4 Å². The SMILES string of the molecule is Cc1ccc(-c2nc(C(C(c3ccccc3)c3ccccc3)N3CCNCC3)c(C)[nH]2)cc1. The second-order valence-corrected chi connectivity index (χ2v) is 8.99. The van der Waals surface area contributed by atoms with Crippen molar-refractivity contribution in [3.8, 4) is 11.4 Å². The van der Waals surface area contributed by atoms with Gasteiger partial charge in [0.25, 0.3) is 0 Å². The first kappa shape index (κ1) is 21.6. The number of aryl methyl sites for hydroxylation is 2. The van der Waals surface area contributed by atoms with Crippen LogP contribution in [-0.2, 0) is 0 Å². The van der Waals surface area contributed by atoms with E-state index in [1.807, 2.05) is 0 Å². The Hall–Kier alpha value is -3.21. The lowest BCUT2D eigenvalue weighted by Crippen LogP contribution is -2.47. The zero-order valence-electron chi connectivity index (χ0n) is 19.5. The number of hydrogen-bond donors (Lipinski definition) is 2. The van der Waals surface area contributed by atoms with Crippen LogP contribution in [0.4, 0.5) is 0 Å². The molecule has 0 aliphatic carbocycles. The molecule has 1 aliphatic heterocycles. The number of rotatable bonds is 6. The molecule has 1 unspecified atom stereocenters. The van der Waals surface area contributed by atoms with Crippen LogP contribution in [0.5, 0.6) is 0 Å². The third-order valence-electron chi connectivity index (χ3n) is 6.71. The Morgan fingerprint density at radius 1 is 0.758 bits per heavy atom. The Balaban J connectivity index is 1.65. The van der Waals surface area contributed by atoms with E-state index in [0.717, 1.165) is 49.0 Å². The van der Waals surface area contributed by atoms with E-state index >= 15 is 0 Å². The summed E-state index contributed by atoms with van der Waals surface area (Å²) in [6, 6.07) is 30.6. The van der Waals surface area contributed by atoms with Gasteiger partial charge in [-0.3, -0.25) is 4.90 Å². The Kier molecular flexibility index (Phi) is 6.38. The number of benzene rings is 3. The van der Waals surface area contributed by atoms with Crippen LogP contribution >= 0.6 is 0 Å². The number of H-pyrrole nitrogens is 1. The molecule has 0 bridgehead atoms. The third-order valence-corrected chi connectivity index (χ3v) is 6.71. The maximum Gasteiger partial charge on any atom is 0.137 e. The molecule has 4 heteroatoms. The summed E-state index contributed by atoms with van der Waals surface area (Å²) >= 11 is 0. The van der Waals surface area contributed by atoms with Crippen LogP contribution in [0.2, 0.25) is 0 Å². The zero-order chi connectivity index (χ0) is 22.6. The number of nitrogens with one attached hydrogen (secondary N) is 2. The predicted octanol–water partition coefficient (Wildman–Crippen LogP) is 5.47. The quantitative estimate of drug-likeness (QED) is 0.421. The van der Waals surface area contributed by atoms with Crippen molar-refractivity contribution < 1.29 is 0 Å². The normalized spacial score (nSPS) is 15.6. The highest BCUT2D eigenvalue weighted by molar-refractivity contribution is 5.57. The summed E-state index contributed by atoms with van der Waals surface area (Å²) < 4.78 is 0. The molecule has 0 spiro atoms. The fraction of sp³-hybridized carbons (Fsp3) is 0.276. The molecule has 0 saturated carbocycles. The number of aromatic amines is 1.